The van der Waals surface area contributed by atoms with Crippen LogP contribution in [0.3, 0.4) is 0 Å². The van der Waals surface area contributed by atoms with E-state index in [1.807, 2.05) is 6.07 Å². The number of aliphatic carboxylic acids is 1. The lowest BCUT2D eigenvalue weighted by atomic mass is 9.89. The first-order valence-corrected chi connectivity index (χ1v) is 17.3. The van der Waals surface area contributed by atoms with Gasteiger partial charge in [-0.2, -0.15) is 5.26 Å². The van der Waals surface area contributed by atoms with E-state index in [1.54, 1.807) is 18.3 Å². The number of nitrogens with zero attached hydrogens (tertiary/aromatic N) is 3. The molecule has 262 valence electrons. The maximum Gasteiger partial charge on any atom is 0.303 e. The van der Waals surface area contributed by atoms with Crippen molar-refractivity contribution in [3.8, 4) is 39.8 Å². The molecule has 5 aromatic rings. The van der Waals surface area contributed by atoms with Crippen LogP contribution in [-0.2, 0) is 31.1 Å². The molecule has 0 aliphatic rings. The monoisotopic (exact) mass is 702 g/mol. The Kier molecular flexibility index (Phi) is 12.8. The molecular formula is C42H43ClN4O4. The fourth-order valence-electron chi connectivity index (χ4n) is 6.02. The minimum Gasteiger partial charge on any atom is -0.488 e. The molecule has 4 aromatic carbocycles. The van der Waals surface area contributed by atoms with E-state index in [0.29, 0.717) is 48.2 Å². The molecule has 0 aliphatic carbocycles. The van der Waals surface area contributed by atoms with Gasteiger partial charge in [-0.15, -0.1) is 0 Å². The highest BCUT2D eigenvalue weighted by molar-refractivity contribution is 6.32. The molecule has 51 heavy (non-hydrogen) atoms. The highest BCUT2D eigenvalue weighted by atomic mass is 35.5. The normalized spacial score (nSPS) is 11.0. The first-order chi connectivity index (χ1) is 24.6. The Morgan fingerprint density at radius 2 is 1.57 bits per heavy atom. The summed E-state index contributed by atoms with van der Waals surface area (Å²) in [7, 11) is 4.15. The summed E-state index contributed by atoms with van der Waals surface area (Å²) in [4.78, 5) is 17.2. The standard InChI is InChI=1S/C42H43ClN4O4/c1-28-34(8-5-10-37(28)38-11-6-9-36(29(38)2)33-15-13-30(14-16-33)25-47(3)4)27-51-41-20-40(50-26-32-18-31(21-44)22-46-23-32)35(19-39(41)43)24-45-17-7-12-42(48)49/h5-6,8-11,13-16,18-20,22-23,45H,7,12,17,24-27H2,1-4H3,(H,48,49). The van der Waals surface area contributed by atoms with Gasteiger partial charge in [-0.3, -0.25) is 9.78 Å². The van der Waals surface area contributed by atoms with E-state index in [4.69, 9.17) is 26.2 Å². The SMILES string of the molecule is Cc1c(COc2cc(OCc3cncc(C#N)c3)c(CNCCCC(=O)O)cc2Cl)cccc1-c1cccc(-c2ccc(CN(C)C)cc2)c1C. The van der Waals surface area contributed by atoms with E-state index in [9.17, 15) is 10.1 Å². The van der Waals surface area contributed by atoms with Gasteiger partial charge in [0.15, 0.2) is 0 Å². The van der Waals surface area contributed by atoms with Crippen molar-refractivity contribution >= 4 is 17.6 Å². The summed E-state index contributed by atoms with van der Waals surface area (Å²) >= 11 is 6.77. The predicted octanol–water partition coefficient (Wildman–Crippen LogP) is 8.73. The van der Waals surface area contributed by atoms with Crippen LogP contribution in [0.5, 0.6) is 11.5 Å². The Morgan fingerprint density at radius 3 is 2.29 bits per heavy atom. The number of hydrogen-bond donors (Lipinski definition) is 2. The van der Waals surface area contributed by atoms with Gasteiger partial charge in [0.1, 0.15) is 30.8 Å². The summed E-state index contributed by atoms with van der Waals surface area (Å²) in [6.07, 6.45) is 3.75. The summed E-state index contributed by atoms with van der Waals surface area (Å²) in [5.41, 5.74) is 11.4. The average Bonchev–Trinajstić information content (AvgIpc) is 3.11. The van der Waals surface area contributed by atoms with Gasteiger partial charge in [0.2, 0.25) is 0 Å². The van der Waals surface area contributed by atoms with Gasteiger partial charge in [0, 0.05) is 49.1 Å². The largest absolute Gasteiger partial charge is 0.488 e. The number of carbonyl (C=O) groups is 1. The van der Waals surface area contributed by atoms with Crippen molar-refractivity contribution in [3.05, 3.63) is 135 Å². The molecule has 0 saturated carbocycles. The number of carboxylic acids is 1. The number of nitrogens with one attached hydrogen (secondary N) is 1. The lowest BCUT2D eigenvalue weighted by Gasteiger charge is -2.18. The van der Waals surface area contributed by atoms with Crippen LogP contribution < -0.4 is 14.8 Å². The molecular weight excluding hydrogens is 660 g/mol. The average molecular weight is 703 g/mol. The van der Waals surface area contributed by atoms with Gasteiger partial charge >= 0.3 is 5.97 Å². The van der Waals surface area contributed by atoms with Crippen LogP contribution in [0.25, 0.3) is 22.3 Å². The van der Waals surface area contributed by atoms with Crippen molar-refractivity contribution < 1.29 is 19.4 Å². The minimum absolute atomic E-state index is 0.0861. The molecule has 0 bridgehead atoms. The van der Waals surface area contributed by atoms with E-state index < -0.39 is 5.97 Å². The second-order valence-corrected chi connectivity index (χ2v) is 13.2. The van der Waals surface area contributed by atoms with Crippen LogP contribution >= 0.6 is 11.6 Å². The van der Waals surface area contributed by atoms with E-state index in [0.717, 1.165) is 34.4 Å². The van der Waals surface area contributed by atoms with Gasteiger partial charge in [0.25, 0.3) is 0 Å². The fourth-order valence-corrected chi connectivity index (χ4v) is 6.26. The van der Waals surface area contributed by atoms with Crippen molar-refractivity contribution in [2.24, 2.45) is 0 Å². The molecule has 0 amide bonds. The lowest BCUT2D eigenvalue weighted by molar-refractivity contribution is -0.137. The van der Waals surface area contributed by atoms with Crippen LogP contribution in [-0.4, -0.2) is 41.6 Å². The summed E-state index contributed by atoms with van der Waals surface area (Å²) in [6, 6.07) is 29.0. The number of ether oxygens (including phenoxy) is 2. The molecule has 8 nitrogen and oxygen atoms in total. The molecule has 0 atom stereocenters. The van der Waals surface area contributed by atoms with Crippen LogP contribution in [0, 0.1) is 25.2 Å². The first kappa shape index (κ1) is 37.1. The molecule has 1 heterocycles. The smallest absolute Gasteiger partial charge is 0.303 e. The number of halogens is 1. The Balaban J connectivity index is 1.36. The van der Waals surface area contributed by atoms with E-state index in [-0.39, 0.29) is 13.0 Å². The Labute approximate surface area is 305 Å². The third kappa shape index (κ3) is 9.95. The number of benzene rings is 4. The quantitative estimate of drug-likeness (QED) is 0.0984. The van der Waals surface area contributed by atoms with Crippen molar-refractivity contribution in [2.75, 3.05) is 20.6 Å². The third-order valence-corrected chi connectivity index (χ3v) is 9.01. The molecule has 1 aromatic heterocycles. The number of rotatable bonds is 16. The molecule has 9 heteroatoms. The lowest BCUT2D eigenvalue weighted by Crippen LogP contribution is -2.16. The molecule has 0 aliphatic heterocycles. The van der Waals surface area contributed by atoms with E-state index in [2.05, 4.69) is 110 Å². The zero-order valence-electron chi connectivity index (χ0n) is 29.5. The Bertz CT molecular complexity index is 2020. The van der Waals surface area contributed by atoms with Crippen LogP contribution in [0.2, 0.25) is 5.02 Å². The van der Waals surface area contributed by atoms with Crippen molar-refractivity contribution in [3.63, 3.8) is 0 Å². The maximum absolute atomic E-state index is 10.9. The Hall–Kier alpha value is -5.20. The zero-order chi connectivity index (χ0) is 36.3. The topological polar surface area (TPSA) is 108 Å². The molecule has 0 saturated heterocycles. The number of pyridine rings is 1. The second kappa shape index (κ2) is 17.6. The fraction of sp³-hybridized carbons (Fsp3) is 0.262. The first-order valence-electron chi connectivity index (χ1n) is 16.9. The van der Waals surface area contributed by atoms with Crippen LogP contribution in [0.1, 0.15) is 51.8 Å². The summed E-state index contributed by atoms with van der Waals surface area (Å²) in [6.45, 7) is 6.63. The van der Waals surface area contributed by atoms with Crippen molar-refractivity contribution in [1.82, 2.24) is 15.2 Å². The molecule has 5 rings (SSSR count). The number of nitriles is 1. The highest BCUT2D eigenvalue weighted by Crippen LogP contribution is 2.37. The molecule has 0 unspecified atom stereocenters. The van der Waals surface area contributed by atoms with Crippen molar-refractivity contribution in [1.29, 1.82) is 5.26 Å². The number of hydrogen-bond acceptors (Lipinski definition) is 7. The maximum atomic E-state index is 10.9. The van der Waals surface area contributed by atoms with Gasteiger partial charge in [0.05, 0.1) is 10.6 Å². The number of aromatic nitrogens is 1. The molecule has 0 spiro atoms. The van der Waals surface area contributed by atoms with Crippen LogP contribution in [0.15, 0.2) is 91.3 Å². The zero-order valence-corrected chi connectivity index (χ0v) is 30.3. The predicted molar refractivity (Wildman–Crippen MR) is 202 cm³/mol. The number of carboxylic acid groups (broad SMARTS) is 1. The summed E-state index contributed by atoms with van der Waals surface area (Å²) in [5, 5.41) is 22.0. The molecule has 0 fully saturated rings. The summed E-state index contributed by atoms with van der Waals surface area (Å²) < 4.78 is 12.6. The minimum atomic E-state index is -0.829. The Morgan fingerprint density at radius 1 is 0.863 bits per heavy atom. The molecule has 2 N–H and O–H groups in total. The third-order valence-electron chi connectivity index (χ3n) is 8.71. The second-order valence-electron chi connectivity index (χ2n) is 12.8. The summed E-state index contributed by atoms with van der Waals surface area (Å²) in [5.74, 6) is 0.213. The van der Waals surface area contributed by atoms with Gasteiger partial charge < -0.3 is 24.8 Å². The van der Waals surface area contributed by atoms with Gasteiger partial charge in [-0.25, -0.2) is 0 Å². The van der Waals surface area contributed by atoms with Crippen molar-refractivity contribution in [2.45, 2.75) is 53.0 Å². The van der Waals surface area contributed by atoms with E-state index in [1.165, 1.54) is 34.0 Å². The van der Waals surface area contributed by atoms with E-state index >= 15 is 0 Å². The van der Waals surface area contributed by atoms with Gasteiger partial charge in [-0.1, -0.05) is 72.3 Å². The highest BCUT2D eigenvalue weighted by Gasteiger charge is 2.16. The van der Waals surface area contributed by atoms with Gasteiger partial charge in [-0.05, 0) is 97.5 Å². The van der Waals surface area contributed by atoms with Crippen LogP contribution in [0.4, 0.5) is 0 Å². The molecule has 0 radical (unpaired) electrons.